The minimum Gasteiger partial charge on any atom is -0.399 e. The molecule has 0 saturated heterocycles. The summed E-state index contributed by atoms with van der Waals surface area (Å²) in [6.45, 7) is 0.769. The Morgan fingerprint density at radius 2 is 2.05 bits per heavy atom. The van der Waals surface area contributed by atoms with E-state index in [4.69, 9.17) is 16.0 Å². The molecule has 1 fully saturated rings. The molecule has 1 aromatic rings. The van der Waals surface area contributed by atoms with Crippen LogP contribution in [0.1, 0.15) is 19.3 Å². The fraction of sp³-hybridized carbons (Fsp3) is 0.500. The first-order chi connectivity index (χ1) is 8.86. The van der Waals surface area contributed by atoms with Crippen molar-refractivity contribution in [1.82, 2.24) is 0 Å². The lowest BCUT2D eigenvalue weighted by Gasteiger charge is -2.17. The van der Waals surface area contributed by atoms with E-state index in [0.29, 0.717) is 17.9 Å². The quantitative estimate of drug-likeness (QED) is 0.567. The highest BCUT2D eigenvalue weighted by molar-refractivity contribution is 7.89. The monoisotopic (exact) mass is 285 g/mol. The highest BCUT2D eigenvalue weighted by atomic mass is 32.2. The van der Waals surface area contributed by atoms with Gasteiger partial charge in [0.25, 0.3) is 0 Å². The molecular weight excluding hydrogens is 266 g/mol. The molecule has 6 nitrogen and oxygen atoms in total. The summed E-state index contributed by atoms with van der Waals surface area (Å²) in [6, 6.07) is 4.59. The second kappa shape index (κ2) is 4.99. The maximum atomic E-state index is 11.5. The molecule has 0 spiro atoms. The summed E-state index contributed by atoms with van der Waals surface area (Å²) in [5.74, 6) is 0. The molecule has 0 unspecified atom stereocenters. The van der Waals surface area contributed by atoms with Gasteiger partial charge >= 0.3 is 0 Å². The van der Waals surface area contributed by atoms with Gasteiger partial charge in [0.2, 0.25) is 10.0 Å². The van der Waals surface area contributed by atoms with Gasteiger partial charge in [-0.15, -0.1) is 0 Å². The van der Waals surface area contributed by atoms with Crippen molar-refractivity contribution in [3.8, 4) is 0 Å². The van der Waals surface area contributed by atoms with E-state index in [-0.39, 0.29) is 16.9 Å². The van der Waals surface area contributed by atoms with Gasteiger partial charge < -0.3 is 16.2 Å². The van der Waals surface area contributed by atoms with Crippen LogP contribution in [0.5, 0.6) is 0 Å². The lowest BCUT2D eigenvalue weighted by molar-refractivity contribution is 0.253. The van der Waals surface area contributed by atoms with Crippen molar-refractivity contribution >= 4 is 21.4 Å². The van der Waals surface area contributed by atoms with Gasteiger partial charge in [0.1, 0.15) is 4.90 Å². The standard InChI is InChI=1S/C12H19N3O3S/c13-9-1-2-10(11(7-9)19(14,17)18)15-8-12(3-4-12)5-6-16/h1-2,7,15-16H,3-6,8,13H2,(H2,14,17,18). The zero-order chi connectivity index (χ0) is 14.1. The summed E-state index contributed by atoms with van der Waals surface area (Å²) in [6.07, 6.45) is 2.81. The van der Waals surface area contributed by atoms with Crippen LogP contribution >= 0.6 is 0 Å². The Morgan fingerprint density at radius 1 is 1.37 bits per heavy atom. The molecule has 0 radical (unpaired) electrons. The van der Waals surface area contributed by atoms with Crippen LogP contribution in [0, 0.1) is 5.41 Å². The summed E-state index contributed by atoms with van der Waals surface area (Å²) in [4.78, 5) is 0.00676. The third kappa shape index (κ3) is 3.37. The minimum absolute atomic E-state index is 0.00676. The van der Waals surface area contributed by atoms with E-state index in [1.807, 2.05) is 0 Å². The Morgan fingerprint density at radius 3 is 2.58 bits per heavy atom. The van der Waals surface area contributed by atoms with Gasteiger partial charge in [-0.1, -0.05) is 0 Å². The Balaban J connectivity index is 2.17. The van der Waals surface area contributed by atoms with Gasteiger partial charge in [0.15, 0.2) is 0 Å². The molecule has 1 aromatic carbocycles. The molecule has 0 aromatic heterocycles. The van der Waals surface area contributed by atoms with Crippen molar-refractivity contribution in [2.75, 3.05) is 24.2 Å². The number of rotatable bonds is 6. The molecule has 2 rings (SSSR count). The van der Waals surface area contributed by atoms with E-state index >= 15 is 0 Å². The SMILES string of the molecule is Nc1ccc(NCC2(CCO)CC2)c(S(N)(=O)=O)c1. The molecule has 0 aliphatic heterocycles. The molecule has 0 amide bonds. The van der Waals surface area contributed by atoms with Crippen LogP contribution in [0.25, 0.3) is 0 Å². The molecule has 1 aliphatic rings. The number of nitrogens with two attached hydrogens (primary N) is 2. The minimum atomic E-state index is -3.81. The number of aliphatic hydroxyl groups is 1. The molecule has 0 bridgehead atoms. The maximum Gasteiger partial charge on any atom is 0.240 e. The lowest BCUT2D eigenvalue weighted by atomic mass is 10.0. The van der Waals surface area contributed by atoms with Gasteiger partial charge in [-0.25, -0.2) is 13.6 Å². The summed E-state index contributed by atoms with van der Waals surface area (Å²) in [7, 11) is -3.81. The highest BCUT2D eigenvalue weighted by Gasteiger charge is 2.41. The number of nitrogen functional groups attached to an aromatic ring is 1. The Labute approximate surface area is 112 Å². The van der Waals surface area contributed by atoms with E-state index in [9.17, 15) is 8.42 Å². The molecule has 19 heavy (non-hydrogen) atoms. The summed E-state index contributed by atoms with van der Waals surface area (Å²) in [5, 5.41) is 17.3. The normalized spacial score (nSPS) is 17.2. The third-order valence-electron chi connectivity index (χ3n) is 3.57. The van der Waals surface area contributed by atoms with E-state index in [1.165, 1.54) is 6.07 Å². The van der Waals surface area contributed by atoms with Crippen molar-refractivity contribution < 1.29 is 13.5 Å². The van der Waals surface area contributed by atoms with Crippen molar-refractivity contribution in [2.45, 2.75) is 24.2 Å². The van der Waals surface area contributed by atoms with Crippen molar-refractivity contribution in [1.29, 1.82) is 0 Å². The molecule has 106 valence electrons. The Hall–Kier alpha value is -1.31. The largest absolute Gasteiger partial charge is 0.399 e. The van der Waals surface area contributed by atoms with E-state index in [1.54, 1.807) is 12.1 Å². The first-order valence-corrected chi connectivity index (χ1v) is 7.68. The second-order valence-corrected chi connectivity index (χ2v) is 6.66. The molecular formula is C12H19N3O3S. The second-order valence-electron chi connectivity index (χ2n) is 5.13. The zero-order valence-corrected chi connectivity index (χ0v) is 11.4. The predicted molar refractivity (Wildman–Crippen MR) is 74.1 cm³/mol. The van der Waals surface area contributed by atoms with Crippen LogP contribution in [-0.4, -0.2) is 26.7 Å². The smallest absolute Gasteiger partial charge is 0.240 e. The van der Waals surface area contributed by atoms with Crippen molar-refractivity contribution in [3.63, 3.8) is 0 Å². The maximum absolute atomic E-state index is 11.5. The van der Waals surface area contributed by atoms with Crippen LogP contribution in [0.4, 0.5) is 11.4 Å². The van der Waals surface area contributed by atoms with Gasteiger partial charge in [-0.2, -0.15) is 0 Å². The fourth-order valence-corrected chi connectivity index (χ4v) is 2.88. The van der Waals surface area contributed by atoms with E-state index in [2.05, 4.69) is 5.32 Å². The Bertz CT molecular complexity index is 568. The number of aliphatic hydroxyl groups excluding tert-OH is 1. The Kier molecular flexibility index (Phi) is 3.71. The number of nitrogens with one attached hydrogen (secondary N) is 1. The number of benzene rings is 1. The van der Waals surface area contributed by atoms with Gasteiger partial charge in [0.05, 0.1) is 5.69 Å². The fourth-order valence-electron chi connectivity index (χ4n) is 2.13. The van der Waals surface area contributed by atoms with Crippen molar-refractivity contribution in [2.24, 2.45) is 10.6 Å². The van der Waals surface area contributed by atoms with Gasteiger partial charge in [0, 0.05) is 18.8 Å². The van der Waals surface area contributed by atoms with Crippen LogP contribution in [0.15, 0.2) is 23.1 Å². The molecule has 0 heterocycles. The number of hydrogen-bond donors (Lipinski definition) is 4. The summed E-state index contributed by atoms with van der Waals surface area (Å²) in [5.41, 5.74) is 6.49. The number of primary sulfonamides is 1. The number of hydrogen-bond acceptors (Lipinski definition) is 5. The molecule has 1 saturated carbocycles. The van der Waals surface area contributed by atoms with Crippen LogP contribution in [0.3, 0.4) is 0 Å². The average Bonchev–Trinajstić information content (AvgIpc) is 3.07. The number of anilines is 2. The predicted octanol–water partition coefficient (Wildman–Crippen LogP) is 0.491. The van der Waals surface area contributed by atoms with E-state index < -0.39 is 10.0 Å². The van der Waals surface area contributed by atoms with Crippen LogP contribution in [0.2, 0.25) is 0 Å². The van der Waals surface area contributed by atoms with E-state index in [0.717, 1.165) is 19.3 Å². The molecule has 0 atom stereocenters. The zero-order valence-electron chi connectivity index (χ0n) is 10.6. The third-order valence-corrected chi connectivity index (χ3v) is 4.52. The topological polar surface area (TPSA) is 118 Å². The van der Waals surface area contributed by atoms with Gasteiger partial charge in [-0.05, 0) is 42.9 Å². The van der Waals surface area contributed by atoms with Gasteiger partial charge in [-0.3, -0.25) is 0 Å². The lowest BCUT2D eigenvalue weighted by Crippen LogP contribution is -2.20. The van der Waals surface area contributed by atoms with Crippen molar-refractivity contribution in [3.05, 3.63) is 18.2 Å². The highest BCUT2D eigenvalue weighted by Crippen LogP contribution is 2.48. The first-order valence-electron chi connectivity index (χ1n) is 6.13. The molecule has 6 N–H and O–H groups in total. The summed E-state index contributed by atoms with van der Waals surface area (Å²) < 4.78 is 23.0. The number of sulfonamides is 1. The van der Waals surface area contributed by atoms with Crippen LogP contribution in [-0.2, 0) is 10.0 Å². The molecule has 7 heteroatoms. The molecule has 1 aliphatic carbocycles. The van der Waals surface area contributed by atoms with Crippen LogP contribution < -0.4 is 16.2 Å². The summed E-state index contributed by atoms with van der Waals surface area (Å²) >= 11 is 0. The average molecular weight is 285 g/mol. The first kappa shape index (κ1) is 14.1.